The van der Waals surface area contributed by atoms with Crippen LogP contribution < -0.4 is 10.1 Å². The zero-order valence-electron chi connectivity index (χ0n) is 16.1. The summed E-state index contributed by atoms with van der Waals surface area (Å²) in [5.74, 6) is 0.735. The Morgan fingerprint density at radius 1 is 1.00 bits per heavy atom. The highest BCUT2D eigenvalue weighted by Gasteiger charge is 2.29. The van der Waals surface area contributed by atoms with Crippen LogP contribution in [0.25, 0.3) is 0 Å². The summed E-state index contributed by atoms with van der Waals surface area (Å²) in [6.45, 7) is 5.24. The van der Waals surface area contributed by atoms with E-state index >= 15 is 0 Å². The fourth-order valence-corrected chi connectivity index (χ4v) is 4.48. The molecule has 1 N–H and O–H groups in total. The molecule has 2 aromatic carbocycles. The van der Waals surface area contributed by atoms with Crippen molar-refractivity contribution in [2.75, 3.05) is 32.9 Å². The van der Waals surface area contributed by atoms with Crippen molar-refractivity contribution in [1.29, 1.82) is 0 Å². The van der Waals surface area contributed by atoms with Crippen LogP contribution in [0.5, 0.6) is 5.75 Å². The van der Waals surface area contributed by atoms with Crippen LogP contribution in [0.15, 0.2) is 53.4 Å². The van der Waals surface area contributed by atoms with E-state index in [-0.39, 0.29) is 30.7 Å². The van der Waals surface area contributed by atoms with Gasteiger partial charge in [-0.1, -0.05) is 30.3 Å². The third kappa shape index (κ3) is 4.45. The second kappa shape index (κ2) is 8.62. The number of hydrogen-bond donors (Lipinski definition) is 1. The molecule has 0 unspecified atom stereocenters. The molecule has 1 heterocycles. The molecule has 2 amide bonds. The second-order valence-electron chi connectivity index (χ2n) is 6.67. The predicted molar refractivity (Wildman–Crippen MR) is 107 cm³/mol. The molecule has 0 bridgehead atoms. The average molecular weight is 404 g/mol. The van der Waals surface area contributed by atoms with Crippen molar-refractivity contribution < 1.29 is 17.9 Å². The molecule has 1 aliphatic rings. The van der Waals surface area contributed by atoms with Gasteiger partial charge >= 0.3 is 6.03 Å². The summed E-state index contributed by atoms with van der Waals surface area (Å²) in [6.07, 6.45) is 0. The van der Waals surface area contributed by atoms with E-state index in [1.165, 1.54) is 4.31 Å². The third-order valence-corrected chi connectivity index (χ3v) is 6.83. The van der Waals surface area contributed by atoms with Gasteiger partial charge in [0.05, 0.1) is 4.90 Å². The Morgan fingerprint density at radius 2 is 1.68 bits per heavy atom. The number of amides is 2. The summed E-state index contributed by atoms with van der Waals surface area (Å²) in [5.41, 5.74) is 2.16. The maximum Gasteiger partial charge on any atom is 0.320 e. The Bertz CT molecular complexity index is 924. The number of sulfonamides is 1. The Hall–Kier alpha value is -2.58. The summed E-state index contributed by atoms with van der Waals surface area (Å²) in [6, 6.07) is 13.9. The molecule has 1 aliphatic heterocycles. The predicted octanol–water partition coefficient (Wildman–Crippen LogP) is 2.36. The van der Waals surface area contributed by atoms with E-state index in [0.717, 1.165) is 16.9 Å². The summed E-state index contributed by atoms with van der Waals surface area (Å²) >= 11 is 0. The highest BCUT2D eigenvalue weighted by Crippen LogP contribution is 2.20. The molecule has 0 aliphatic carbocycles. The first-order valence-corrected chi connectivity index (χ1v) is 10.6. The minimum atomic E-state index is -3.52. The quantitative estimate of drug-likeness (QED) is 0.778. The summed E-state index contributed by atoms with van der Waals surface area (Å²) in [7, 11) is -3.52. The molecule has 0 saturated carbocycles. The first kappa shape index (κ1) is 20.2. The maximum absolute atomic E-state index is 12.6. The summed E-state index contributed by atoms with van der Waals surface area (Å²) < 4.78 is 32.3. The molecule has 0 aromatic heterocycles. The number of carbonyl (C=O) groups excluding carboxylic acids is 1. The van der Waals surface area contributed by atoms with E-state index in [9.17, 15) is 13.2 Å². The normalized spacial score (nSPS) is 15.3. The van der Waals surface area contributed by atoms with E-state index in [4.69, 9.17) is 4.74 Å². The zero-order valence-corrected chi connectivity index (χ0v) is 16.9. The molecule has 0 spiro atoms. The molecule has 8 heteroatoms. The van der Waals surface area contributed by atoms with Crippen LogP contribution in [0.2, 0.25) is 0 Å². The van der Waals surface area contributed by atoms with Crippen LogP contribution in [0.3, 0.4) is 0 Å². The van der Waals surface area contributed by atoms with Gasteiger partial charge in [-0.25, -0.2) is 13.2 Å². The molecule has 28 heavy (non-hydrogen) atoms. The van der Waals surface area contributed by atoms with Crippen LogP contribution in [0, 0.1) is 13.8 Å². The Labute approximate surface area is 166 Å². The van der Waals surface area contributed by atoms with Crippen molar-refractivity contribution in [3.8, 4) is 5.75 Å². The van der Waals surface area contributed by atoms with Gasteiger partial charge in [0.15, 0.2) is 6.73 Å². The van der Waals surface area contributed by atoms with Gasteiger partial charge in [0, 0.05) is 26.2 Å². The van der Waals surface area contributed by atoms with E-state index in [1.807, 2.05) is 32.0 Å². The fourth-order valence-electron chi connectivity index (χ4n) is 3.04. The second-order valence-corrected chi connectivity index (χ2v) is 8.61. The molecule has 7 nitrogen and oxygen atoms in total. The molecule has 3 rings (SSSR count). The van der Waals surface area contributed by atoms with Gasteiger partial charge < -0.3 is 15.0 Å². The first-order chi connectivity index (χ1) is 13.4. The number of benzene rings is 2. The van der Waals surface area contributed by atoms with Crippen LogP contribution in [0.4, 0.5) is 4.79 Å². The monoisotopic (exact) mass is 403 g/mol. The number of rotatable bonds is 5. The van der Waals surface area contributed by atoms with Gasteiger partial charge in [0.1, 0.15) is 5.75 Å². The fraction of sp³-hybridized carbons (Fsp3) is 0.350. The number of carbonyl (C=O) groups is 1. The van der Waals surface area contributed by atoms with Gasteiger partial charge in [0.25, 0.3) is 0 Å². The highest BCUT2D eigenvalue weighted by atomic mass is 32.2. The van der Waals surface area contributed by atoms with Crippen LogP contribution in [0.1, 0.15) is 11.1 Å². The van der Waals surface area contributed by atoms with Crippen LogP contribution >= 0.6 is 0 Å². The minimum absolute atomic E-state index is 0.0612. The molecule has 2 aromatic rings. The smallest absolute Gasteiger partial charge is 0.320 e. The van der Waals surface area contributed by atoms with Gasteiger partial charge in [-0.2, -0.15) is 4.31 Å². The minimum Gasteiger partial charge on any atom is -0.473 e. The number of aryl methyl sites for hydroxylation is 1. The van der Waals surface area contributed by atoms with Crippen molar-refractivity contribution in [2.45, 2.75) is 18.7 Å². The van der Waals surface area contributed by atoms with Gasteiger partial charge in [-0.05, 0) is 43.2 Å². The number of piperazine rings is 1. The van der Waals surface area contributed by atoms with Crippen LogP contribution in [-0.2, 0) is 10.0 Å². The first-order valence-electron chi connectivity index (χ1n) is 9.16. The Kier molecular flexibility index (Phi) is 6.21. The molecule has 1 saturated heterocycles. The molecule has 0 atom stereocenters. The lowest BCUT2D eigenvalue weighted by atomic mass is 10.1. The number of hydrogen-bond acceptors (Lipinski definition) is 4. The van der Waals surface area contributed by atoms with Gasteiger partial charge in [0.2, 0.25) is 10.0 Å². The molecular weight excluding hydrogens is 378 g/mol. The number of urea groups is 1. The van der Waals surface area contributed by atoms with Crippen molar-refractivity contribution in [3.05, 3.63) is 59.7 Å². The van der Waals surface area contributed by atoms with E-state index in [2.05, 4.69) is 5.32 Å². The van der Waals surface area contributed by atoms with Crippen molar-refractivity contribution in [3.63, 3.8) is 0 Å². The number of nitrogens with one attached hydrogen (secondary N) is 1. The van der Waals surface area contributed by atoms with Crippen LogP contribution in [-0.4, -0.2) is 56.6 Å². The summed E-state index contributed by atoms with van der Waals surface area (Å²) in [4.78, 5) is 14.2. The molecule has 0 radical (unpaired) electrons. The van der Waals surface area contributed by atoms with Gasteiger partial charge in [-0.15, -0.1) is 0 Å². The number of nitrogens with zero attached hydrogens (tertiary/aromatic N) is 2. The Balaban J connectivity index is 1.49. The lowest BCUT2D eigenvalue weighted by molar-refractivity contribution is 0.162. The topological polar surface area (TPSA) is 79.0 Å². The molecule has 1 fully saturated rings. The van der Waals surface area contributed by atoms with Crippen molar-refractivity contribution in [2.24, 2.45) is 0 Å². The summed E-state index contributed by atoms with van der Waals surface area (Å²) in [5, 5.41) is 2.73. The number of ether oxygens (including phenoxy) is 1. The Morgan fingerprint density at radius 3 is 2.36 bits per heavy atom. The third-order valence-electron chi connectivity index (χ3n) is 4.91. The molecular formula is C20H25N3O4S. The largest absolute Gasteiger partial charge is 0.473 e. The average Bonchev–Trinajstić information content (AvgIpc) is 2.72. The SMILES string of the molecule is Cc1cccc(OCNC(=O)N2CCN(S(=O)(=O)c3ccccc3)CC2)c1C. The lowest BCUT2D eigenvalue weighted by Crippen LogP contribution is -2.53. The maximum atomic E-state index is 12.6. The van der Waals surface area contributed by atoms with Gasteiger partial charge in [-0.3, -0.25) is 0 Å². The standard InChI is InChI=1S/C20H25N3O4S/c1-16-7-6-10-19(17(16)2)27-15-21-20(24)22-11-13-23(14-12-22)28(25,26)18-8-4-3-5-9-18/h3-10H,11-15H2,1-2H3,(H,21,24). The lowest BCUT2D eigenvalue weighted by Gasteiger charge is -2.33. The van der Waals surface area contributed by atoms with E-state index in [0.29, 0.717) is 13.1 Å². The van der Waals surface area contributed by atoms with Crippen molar-refractivity contribution in [1.82, 2.24) is 14.5 Å². The zero-order chi connectivity index (χ0) is 20.1. The highest BCUT2D eigenvalue weighted by molar-refractivity contribution is 7.89. The van der Waals surface area contributed by atoms with E-state index < -0.39 is 10.0 Å². The molecule has 150 valence electrons. The van der Waals surface area contributed by atoms with E-state index in [1.54, 1.807) is 35.2 Å². The van der Waals surface area contributed by atoms with Crippen molar-refractivity contribution >= 4 is 16.1 Å².